The van der Waals surface area contributed by atoms with Crippen LogP contribution in [0.5, 0.6) is 11.5 Å². The van der Waals surface area contributed by atoms with Crippen molar-refractivity contribution in [2.24, 2.45) is 0 Å². The summed E-state index contributed by atoms with van der Waals surface area (Å²) in [6.45, 7) is 0. The molecule has 9 heavy (non-hydrogen) atoms. The lowest BCUT2D eigenvalue weighted by atomic mass is 10.3. The highest BCUT2D eigenvalue weighted by atomic mass is 32.1. The lowest BCUT2D eigenvalue weighted by molar-refractivity contribution is 0.428. The van der Waals surface area contributed by atoms with Gasteiger partial charge in [-0.25, -0.2) is 0 Å². The van der Waals surface area contributed by atoms with Gasteiger partial charge in [0.1, 0.15) is 11.5 Å². The molecule has 2 nitrogen and oxygen atoms in total. The van der Waals surface area contributed by atoms with Gasteiger partial charge in [-0.15, -0.1) is 12.6 Å². The highest BCUT2D eigenvalue weighted by Gasteiger charge is 1.98. The second-order valence-corrected chi connectivity index (χ2v) is 2.09. The minimum absolute atomic E-state index is 0.00154. The van der Waals surface area contributed by atoms with Crippen molar-refractivity contribution in [3.8, 4) is 11.5 Å². The molecule has 2 N–H and O–H groups in total. The summed E-state index contributed by atoms with van der Waals surface area (Å²) in [4.78, 5) is 0.220. The molecule has 0 saturated heterocycles. The van der Waals surface area contributed by atoms with E-state index in [1.165, 1.54) is 12.1 Å². The molecular formula is C6H6O2S. The second kappa shape index (κ2) is 2.19. The van der Waals surface area contributed by atoms with Gasteiger partial charge in [0.15, 0.2) is 0 Å². The average molecular weight is 142 g/mol. The molecule has 1 aromatic rings. The third kappa shape index (κ3) is 1.10. The van der Waals surface area contributed by atoms with Crippen LogP contribution < -0.4 is 0 Å². The summed E-state index contributed by atoms with van der Waals surface area (Å²) >= 11 is 3.81. The fraction of sp³-hybridized carbons (Fsp3) is 0. The van der Waals surface area contributed by atoms with Crippen molar-refractivity contribution < 1.29 is 10.2 Å². The minimum Gasteiger partial charge on any atom is -0.507 e. The maximum atomic E-state index is 8.86. The molecule has 0 atom stereocenters. The summed E-state index contributed by atoms with van der Waals surface area (Å²) in [7, 11) is 0. The summed E-state index contributed by atoms with van der Waals surface area (Å²) < 4.78 is 0. The number of hydrogen-bond donors (Lipinski definition) is 3. The molecule has 0 radical (unpaired) electrons. The van der Waals surface area contributed by atoms with Crippen LogP contribution in [0, 0.1) is 0 Å². The van der Waals surface area contributed by atoms with E-state index in [1.54, 1.807) is 6.07 Å². The Morgan fingerprint density at radius 1 is 1.11 bits per heavy atom. The van der Waals surface area contributed by atoms with E-state index in [0.717, 1.165) is 0 Å². The maximum absolute atomic E-state index is 8.86. The van der Waals surface area contributed by atoms with Crippen molar-refractivity contribution in [3.05, 3.63) is 18.2 Å². The molecule has 0 aliphatic heterocycles. The van der Waals surface area contributed by atoms with Gasteiger partial charge in [-0.2, -0.15) is 0 Å². The molecule has 1 aromatic carbocycles. The van der Waals surface area contributed by atoms with Gasteiger partial charge in [0.05, 0.1) is 4.90 Å². The Morgan fingerprint density at radius 3 is 1.89 bits per heavy atom. The minimum atomic E-state index is -0.00154. The third-order valence-corrected chi connectivity index (χ3v) is 1.45. The number of phenols is 2. The van der Waals surface area contributed by atoms with E-state index in [0.29, 0.717) is 0 Å². The fourth-order valence-corrected chi connectivity index (χ4v) is 0.669. The predicted molar refractivity (Wildman–Crippen MR) is 37.0 cm³/mol. The average Bonchev–Trinajstić information content (AvgIpc) is 1.83. The van der Waals surface area contributed by atoms with Crippen LogP contribution in [-0.2, 0) is 0 Å². The zero-order chi connectivity index (χ0) is 6.85. The molecule has 3 heteroatoms. The number of thiol groups is 1. The zero-order valence-electron chi connectivity index (χ0n) is 4.57. The number of aromatic hydroxyl groups is 2. The van der Waals surface area contributed by atoms with Gasteiger partial charge in [0.2, 0.25) is 0 Å². The van der Waals surface area contributed by atoms with Gasteiger partial charge in [-0.3, -0.25) is 0 Å². The summed E-state index contributed by atoms with van der Waals surface area (Å²) in [6.07, 6.45) is 0. The maximum Gasteiger partial charge on any atom is 0.132 e. The number of phenolic OH excluding ortho intramolecular Hbond substituents is 2. The standard InChI is InChI=1S/C6H6O2S/c7-4-2-1-3-5(8)6(4)9/h1-3,7-9H. The van der Waals surface area contributed by atoms with Crippen molar-refractivity contribution in [2.75, 3.05) is 0 Å². The summed E-state index contributed by atoms with van der Waals surface area (Å²) in [6, 6.07) is 4.47. The van der Waals surface area contributed by atoms with Crippen molar-refractivity contribution >= 4 is 12.6 Å². The first-order valence-electron chi connectivity index (χ1n) is 2.41. The first-order chi connectivity index (χ1) is 4.22. The van der Waals surface area contributed by atoms with Crippen LogP contribution in [-0.4, -0.2) is 10.2 Å². The van der Waals surface area contributed by atoms with Crippen LogP contribution in [0.15, 0.2) is 23.1 Å². The SMILES string of the molecule is Oc1cccc(O)c1S. The number of hydrogen-bond acceptors (Lipinski definition) is 3. The van der Waals surface area contributed by atoms with E-state index >= 15 is 0 Å². The molecule has 0 amide bonds. The van der Waals surface area contributed by atoms with E-state index in [4.69, 9.17) is 10.2 Å². The van der Waals surface area contributed by atoms with Gasteiger partial charge in [0, 0.05) is 0 Å². The lowest BCUT2D eigenvalue weighted by Crippen LogP contribution is -1.69. The Morgan fingerprint density at radius 2 is 1.56 bits per heavy atom. The lowest BCUT2D eigenvalue weighted by Gasteiger charge is -1.97. The summed E-state index contributed by atoms with van der Waals surface area (Å²) in [5.74, 6) is -0.00309. The summed E-state index contributed by atoms with van der Waals surface area (Å²) in [5.41, 5.74) is 0. The zero-order valence-corrected chi connectivity index (χ0v) is 5.47. The van der Waals surface area contributed by atoms with Crippen molar-refractivity contribution in [1.82, 2.24) is 0 Å². The van der Waals surface area contributed by atoms with E-state index in [2.05, 4.69) is 12.6 Å². The van der Waals surface area contributed by atoms with E-state index < -0.39 is 0 Å². The van der Waals surface area contributed by atoms with E-state index in [-0.39, 0.29) is 16.4 Å². The summed E-state index contributed by atoms with van der Waals surface area (Å²) in [5, 5.41) is 17.7. The van der Waals surface area contributed by atoms with Crippen molar-refractivity contribution in [3.63, 3.8) is 0 Å². The molecule has 1 rings (SSSR count). The Kier molecular flexibility index (Phi) is 1.53. The molecule has 0 aromatic heterocycles. The van der Waals surface area contributed by atoms with Gasteiger partial charge in [-0.1, -0.05) is 6.07 Å². The molecule has 0 spiro atoms. The molecule has 0 saturated carbocycles. The first-order valence-corrected chi connectivity index (χ1v) is 2.86. The molecule has 0 aliphatic rings. The monoisotopic (exact) mass is 142 g/mol. The molecule has 48 valence electrons. The predicted octanol–water partition coefficient (Wildman–Crippen LogP) is 1.39. The molecular weight excluding hydrogens is 136 g/mol. The quantitative estimate of drug-likeness (QED) is 0.479. The smallest absolute Gasteiger partial charge is 0.132 e. The Labute approximate surface area is 58.2 Å². The normalized spacial score (nSPS) is 9.44. The fourth-order valence-electron chi connectivity index (χ4n) is 0.519. The molecule has 0 unspecified atom stereocenters. The molecule has 0 aliphatic carbocycles. The third-order valence-electron chi connectivity index (χ3n) is 0.993. The van der Waals surface area contributed by atoms with Crippen LogP contribution in [0.25, 0.3) is 0 Å². The van der Waals surface area contributed by atoms with Gasteiger partial charge in [-0.05, 0) is 12.1 Å². The molecule has 0 fully saturated rings. The Hall–Kier alpha value is -0.830. The molecule has 0 bridgehead atoms. The van der Waals surface area contributed by atoms with Crippen LogP contribution in [0.1, 0.15) is 0 Å². The highest BCUT2D eigenvalue weighted by Crippen LogP contribution is 2.29. The number of rotatable bonds is 0. The van der Waals surface area contributed by atoms with E-state index in [9.17, 15) is 0 Å². The molecule has 0 heterocycles. The highest BCUT2D eigenvalue weighted by molar-refractivity contribution is 7.80. The van der Waals surface area contributed by atoms with Crippen molar-refractivity contribution in [2.45, 2.75) is 4.90 Å². The Balaban J connectivity index is 3.25. The Bertz CT molecular complexity index is 202. The van der Waals surface area contributed by atoms with E-state index in [1.807, 2.05) is 0 Å². The largest absolute Gasteiger partial charge is 0.507 e. The van der Waals surface area contributed by atoms with Crippen LogP contribution in [0.2, 0.25) is 0 Å². The first kappa shape index (κ1) is 6.29. The van der Waals surface area contributed by atoms with Gasteiger partial charge >= 0.3 is 0 Å². The van der Waals surface area contributed by atoms with Gasteiger partial charge < -0.3 is 10.2 Å². The van der Waals surface area contributed by atoms with Crippen LogP contribution in [0.3, 0.4) is 0 Å². The number of benzene rings is 1. The van der Waals surface area contributed by atoms with Crippen molar-refractivity contribution in [1.29, 1.82) is 0 Å². The van der Waals surface area contributed by atoms with Gasteiger partial charge in [0.25, 0.3) is 0 Å². The topological polar surface area (TPSA) is 40.5 Å². The second-order valence-electron chi connectivity index (χ2n) is 1.64. The van der Waals surface area contributed by atoms with Crippen LogP contribution in [0.4, 0.5) is 0 Å². The van der Waals surface area contributed by atoms with Crippen LogP contribution >= 0.6 is 12.6 Å².